The predicted octanol–water partition coefficient (Wildman–Crippen LogP) is 1.12. The van der Waals surface area contributed by atoms with Gasteiger partial charge in [0, 0.05) is 0 Å². The van der Waals surface area contributed by atoms with E-state index in [1.54, 1.807) is 6.92 Å². The Balaban J connectivity index is 3.12. The van der Waals surface area contributed by atoms with E-state index in [4.69, 9.17) is 10.2 Å². The van der Waals surface area contributed by atoms with Crippen LogP contribution in [-0.2, 0) is 0 Å². The molecule has 2 nitrogen and oxygen atoms in total. The van der Waals surface area contributed by atoms with Crippen molar-refractivity contribution in [2.45, 2.75) is 45.3 Å². The first-order valence-electron chi connectivity index (χ1n) is 3.86. The average Bonchev–Trinajstić information content (AvgIpc) is 1.85. The van der Waals surface area contributed by atoms with Crippen molar-refractivity contribution in [1.29, 1.82) is 0 Å². The van der Waals surface area contributed by atoms with Crippen LogP contribution in [0.5, 0.6) is 0 Å². The van der Waals surface area contributed by atoms with Gasteiger partial charge >= 0.3 is 0 Å². The summed E-state index contributed by atoms with van der Waals surface area (Å²) < 4.78 is 0. The second kappa shape index (κ2) is 5.69. The Morgan fingerprint density at radius 2 is 1.90 bits per heavy atom. The van der Waals surface area contributed by atoms with E-state index >= 15 is 0 Å². The van der Waals surface area contributed by atoms with Crippen LogP contribution in [0.2, 0.25) is 0 Å². The summed E-state index contributed by atoms with van der Waals surface area (Å²) in [6.07, 6.45) is 3.46. The number of rotatable bonds is 5. The fourth-order valence-electron chi connectivity index (χ4n) is 0.802. The van der Waals surface area contributed by atoms with E-state index in [1.165, 1.54) is 0 Å². The van der Waals surface area contributed by atoms with Gasteiger partial charge in [-0.05, 0) is 26.2 Å². The molecule has 0 saturated heterocycles. The molecule has 2 atom stereocenters. The van der Waals surface area contributed by atoms with E-state index in [9.17, 15) is 0 Å². The van der Waals surface area contributed by atoms with E-state index in [0.717, 1.165) is 6.42 Å². The average molecular weight is 145 g/mol. The zero-order valence-corrected chi connectivity index (χ0v) is 6.75. The van der Waals surface area contributed by atoms with Crippen molar-refractivity contribution in [2.24, 2.45) is 0 Å². The second-order valence-electron chi connectivity index (χ2n) is 2.64. The fourth-order valence-corrected chi connectivity index (χ4v) is 0.802. The van der Waals surface area contributed by atoms with Crippen molar-refractivity contribution in [1.82, 2.24) is 0 Å². The lowest BCUT2D eigenvalue weighted by Gasteiger charge is -2.09. The molecule has 0 saturated carbocycles. The fraction of sp³-hybridized carbons (Fsp3) is 0.875. The summed E-state index contributed by atoms with van der Waals surface area (Å²) in [5, 5.41) is 18.0. The first-order valence-corrected chi connectivity index (χ1v) is 3.86. The Morgan fingerprint density at radius 3 is 2.30 bits per heavy atom. The van der Waals surface area contributed by atoms with Gasteiger partial charge in [-0.3, -0.25) is 0 Å². The second-order valence-corrected chi connectivity index (χ2v) is 2.64. The summed E-state index contributed by atoms with van der Waals surface area (Å²) in [6.45, 7) is 3.73. The van der Waals surface area contributed by atoms with Crippen LogP contribution in [-0.4, -0.2) is 22.4 Å². The van der Waals surface area contributed by atoms with Crippen LogP contribution in [0.1, 0.15) is 33.1 Å². The summed E-state index contributed by atoms with van der Waals surface area (Å²) >= 11 is 0. The Hall–Kier alpha value is -0.0800. The van der Waals surface area contributed by atoms with E-state index in [1.807, 2.05) is 13.3 Å². The van der Waals surface area contributed by atoms with Crippen LogP contribution in [0.3, 0.4) is 0 Å². The van der Waals surface area contributed by atoms with Gasteiger partial charge in [-0.1, -0.05) is 13.3 Å². The molecule has 0 amide bonds. The molecular weight excluding hydrogens is 128 g/mol. The van der Waals surface area contributed by atoms with Gasteiger partial charge in [0.15, 0.2) is 0 Å². The molecule has 0 spiro atoms. The first kappa shape index (κ1) is 9.92. The van der Waals surface area contributed by atoms with E-state index in [-0.39, 0.29) is 12.2 Å². The Bertz CT molecular complexity index is 71.7. The molecule has 1 radical (unpaired) electrons. The van der Waals surface area contributed by atoms with Crippen molar-refractivity contribution in [2.75, 3.05) is 0 Å². The van der Waals surface area contributed by atoms with Crippen molar-refractivity contribution in [3.8, 4) is 0 Å². The molecule has 0 fully saturated rings. The maximum atomic E-state index is 9.13. The van der Waals surface area contributed by atoms with Gasteiger partial charge in [0.25, 0.3) is 0 Å². The SMILES string of the molecule is CC[CH]C(O)CCC(C)O. The zero-order chi connectivity index (χ0) is 7.98. The van der Waals surface area contributed by atoms with Crippen molar-refractivity contribution in [3.63, 3.8) is 0 Å². The summed E-state index contributed by atoms with van der Waals surface area (Å²) in [7, 11) is 0. The highest BCUT2D eigenvalue weighted by Crippen LogP contribution is 2.04. The third kappa shape index (κ3) is 6.05. The maximum absolute atomic E-state index is 9.13. The highest BCUT2D eigenvalue weighted by molar-refractivity contribution is 4.73. The molecule has 0 aromatic heterocycles. The van der Waals surface area contributed by atoms with Crippen molar-refractivity contribution < 1.29 is 10.2 Å². The largest absolute Gasteiger partial charge is 0.393 e. The van der Waals surface area contributed by atoms with Gasteiger partial charge in [-0.2, -0.15) is 0 Å². The van der Waals surface area contributed by atoms with Gasteiger partial charge in [0.05, 0.1) is 12.2 Å². The molecule has 2 N–H and O–H groups in total. The van der Waals surface area contributed by atoms with Crippen LogP contribution in [0, 0.1) is 6.42 Å². The summed E-state index contributed by atoms with van der Waals surface area (Å²) in [5.74, 6) is 0. The minimum Gasteiger partial charge on any atom is -0.393 e. The first-order chi connectivity index (χ1) is 4.66. The van der Waals surface area contributed by atoms with E-state index in [2.05, 4.69) is 0 Å². The van der Waals surface area contributed by atoms with E-state index in [0.29, 0.717) is 12.8 Å². The molecule has 0 aromatic rings. The number of hydrogen-bond acceptors (Lipinski definition) is 2. The topological polar surface area (TPSA) is 40.5 Å². The summed E-state index contributed by atoms with van der Waals surface area (Å²) in [4.78, 5) is 0. The lowest BCUT2D eigenvalue weighted by atomic mass is 10.1. The molecular formula is C8H17O2. The van der Waals surface area contributed by atoms with Crippen LogP contribution < -0.4 is 0 Å². The quantitative estimate of drug-likeness (QED) is 0.608. The summed E-state index contributed by atoms with van der Waals surface area (Å²) in [6, 6.07) is 0. The maximum Gasteiger partial charge on any atom is 0.0572 e. The van der Waals surface area contributed by atoms with Crippen LogP contribution in [0.15, 0.2) is 0 Å². The van der Waals surface area contributed by atoms with Gasteiger partial charge < -0.3 is 10.2 Å². The third-order valence-electron chi connectivity index (χ3n) is 1.39. The van der Waals surface area contributed by atoms with E-state index < -0.39 is 0 Å². The van der Waals surface area contributed by atoms with Crippen LogP contribution in [0.25, 0.3) is 0 Å². The Kier molecular flexibility index (Phi) is 5.64. The monoisotopic (exact) mass is 145 g/mol. The standard InChI is InChI=1S/C8H17O2/c1-3-4-8(10)6-5-7(2)9/h4,7-10H,3,5-6H2,1-2H3. The highest BCUT2D eigenvalue weighted by atomic mass is 16.3. The lowest BCUT2D eigenvalue weighted by Crippen LogP contribution is -2.10. The summed E-state index contributed by atoms with van der Waals surface area (Å²) in [5.41, 5.74) is 0. The molecule has 0 rings (SSSR count). The zero-order valence-electron chi connectivity index (χ0n) is 6.75. The highest BCUT2D eigenvalue weighted by Gasteiger charge is 2.04. The van der Waals surface area contributed by atoms with Crippen LogP contribution in [0.4, 0.5) is 0 Å². The van der Waals surface area contributed by atoms with Crippen LogP contribution >= 0.6 is 0 Å². The predicted molar refractivity (Wildman–Crippen MR) is 41.5 cm³/mol. The Labute approximate surface area is 62.9 Å². The molecule has 2 unspecified atom stereocenters. The third-order valence-corrected chi connectivity index (χ3v) is 1.39. The lowest BCUT2D eigenvalue weighted by molar-refractivity contribution is 0.138. The number of hydrogen-bond donors (Lipinski definition) is 2. The molecule has 0 aliphatic carbocycles. The minimum atomic E-state index is -0.334. The van der Waals surface area contributed by atoms with Crippen molar-refractivity contribution in [3.05, 3.63) is 6.42 Å². The molecule has 0 aliphatic heterocycles. The molecule has 61 valence electrons. The molecule has 10 heavy (non-hydrogen) atoms. The van der Waals surface area contributed by atoms with Crippen molar-refractivity contribution >= 4 is 0 Å². The van der Waals surface area contributed by atoms with Gasteiger partial charge in [0.2, 0.25) is 0 Å². The van der Waals surface area contributed by atoms with Gasteiger partial charge in [-0.15, -0.1) is 0 Å². The molecule has 0 aromatic carbocycles. The number of aliphatic hydroxyl groups excluding tert-OH is 2. The molecule has 2 heteroatoms. The van der Waals surface area contributed by atoms with Gasteiger partial charge in [-0.25, -0.2) is 0 Å². The van der Waals surface area contributed by atoms with Gasteiger partial charge in [0.1, 0.15) is 0 Å². The Morgan fingerprint density at radius 1 is 1.30 bits per heavy atom. The molecule has 0 bridgehead atoms. The minimum absolute atomic E-state index is 0.292. The smallest absolute Gasteiger partial charge is 0.0572 e. The normalized spacial score (nSPS) is 16.8. The number of aliphatic hydroxyl groups is 2. The molecule has 0 heterocycles. The molecule has 0 aliphatic rings.